The minimum atomic E-state index is -0.135. The molecule has 0 unspecified atom stereocenters. The molecule has 25 heavy (non-hydrogen) atoms. The highest BCUT2D eigenvalue weighted by Gasteiger charge is 2.34. The van der Waals surface area contributed by atoms with E-state index < -0.39 is 0 Å². The van der Waals surface area contributed by atoms with E-state index in [2.05, 4.69) is 22.5 Å². The second-order valence-corrected chi connectivity index (χ2v) is 8.28. The maximum Gasteiger partial charge on any atom is 0.226 e. The van der Waals surface area contributed by atoms with Crippen LogP contribution < -0.4 is 10.6 Å². The van der Waals surface area contributed by atoms with Crippen molar-refractivity contribution in [1.29, 1.82) is 0 Å². The number of amides is 2. The second-order valence-electron chi connectivity index (χ2n) is 6.99. The van der Waals surface area contributed by atoms with Crippen molar-refractivity contribution in [2.24, 2.45) is 11.8 Å². The van der Waals surface area contributed by atoms with Gasteiger partial charge < -0.3 is 15.5 Å². The number of nitrogens with one attached hydrogen (secondary N) is 2. The minimum Gasteiger partial charge on any atom is -0.351 e. The summed E-state index contributed by atoms with van der Waals surface area (Å²) in [5.41, 5.74) is 1.08. The first-order valence-corrected chi connectivity index (χ1v) is 10.1. The molecule has 2 amide bonds. The smallest absolute Gasteiger partial charge is 0.226 e. The lowest BCUT2D eigenvalue weighted by molar-refractivity contribution is -0.136. The van der Waals surface area contributed by atoms with Gasteiger partial charge in [0.15, 0.2) is 0 Å². The largest absolute Gasteiger partial charge is 0.351 e. The van der Waals surface area contributed by atoms with Gasteiger partial charge in [-0.1, -0.05) is 6.92 Å². The number of aryl methyl sites for hydroxylation is 2. The first kappa shape index (κ1) is 18.3. The predicted molar refractivity (Wildman–Crippen MR) is 98.4 cm³/mol. The van der Waals surface area contributed by atoms with Crippen molar-refractivity contribution in [3.8, 4) is 0 Å². The molecule has 2 aliphatic rings. The molecule has 1 aromatic heterocycles. The van der Waals surface area contributed by atoms with Gasteiger partial charge in [-0.15, -0.1) is 11.3 Å². The van der Waals surface area contributed by atoms with E-state index in [-0.39, 0.29) is 23.7 Å². The van der Waals surface area contributed by atoms with Crippen LogP contribution in [0.25, 0.3) is 0 Å². The Morgan fingerprint density at radius 3 is 2.72 bits per heavy atom. The third-order valence-corrected chi connectivity index (χ3v) is 6.14. The number of aromatic nitrogens is 1. The third-order valence-electron chi connectivity index (χ3n) is 5.13. The summed E-state index contributed by atoms with van der Waals surface area (Å²) in [7, 11) is 0. The van der Waals surface area contributed by atoms with Gasteiger partial charge in [-0.05, 0) is 32.6 Å². The van der Waals surface area contributed by atoms with E-state index in [0.29, 0.717) is 26.1 Å². The second kappa shape index (κ2) is 8.27. The van der Waals surface area contributed by atoms with E-state index >= 15 is 0 Å². The van der Waals surface area contributed by atoms with Gasteiger partial charge in [0.2, 0.25) is 11.8 Å². The normalized spacial score (nSPS) is 23.7. The van der Waals surface area contributed by atoms with Crippen LogP contribution in [0.15, 0.2) is 0 Å². The molecule has 0 aliphatic carbocycles. The zero-order valence-electron chi connectivity index (χ0n) is 15.1. The van der Waals surface area contributed by atoms with E-state index in [1.54, 1.807) is 11.3 Å². The van der Waals surface area contributed by atoms with Gasteiger partial charge in [0.1, 0.15) is 0 Å². The standard InChI is InChI=1S/C18H28N4O2S/c1-3-15-16(25-12(2)21-15)11-20-17(23)13-8-14(10-19-9-13)18(24)22-6-4-5-7-22/h13-14,19H,3-11H2,1-2H3,(H,20,23)/t13-,14-/m0/s1. The predicted octanol–water partition coefficient (Wildman–Crippen LogP) is 1.48. The monoisotopic (exact) mass is 364 g/mol. The molecule has 2 aliphatic heterocycles. The number of piperidine rings is 1. The fourth-order valence-electron chi connectivity index (χ4n) is 3.76. The molecule has 1 aromatic rings. The van der Waals surface area contributed by atoms with Crippen LogP contribution in [0.5, 0.6) is 0 Å². The summed E-state index contributed by atoms with van der Waals surface area (Å²) in [5.74, 6) is 0.0530. The van der Waals surface area contributed by atoms with Crippen molar-refractivity contribution < 1.29 is 9.59 Å². The Hall–Kier alpha value is -1.47. The summed E-state index contributed by atoms with van der Waals surface area (Å²) in [5, 5.41) is 7.37. The van der Waals surface area contributed by atoms with Crippen LogP contribution in [0.1, 0.15) is 41.8 Å². The molecule has 0 aromatic carbocycles. The van der Waals surface area contributed by atoms with E-state index in [1.807, 2.05) is 11.8 Å². The Balaban J connectivity index is 1.53. The lowest BCUT2D eigenvalue weighted by Gasteiger charge is -2.31. The molecule has 3 heterocycles. The van der Waals surface area contributed by atoms with Gasteiger partial charge in [0.25, 0.3) is 0 Å². The zero-order chi connectivity index (χ0) is 17.8. The Kier molecular flexibility index (Phi) is 6.06. The number of carbonyl (C=O) groups is 2. The molecule has 2 saturated heterocycles. The molecule has 2 fully saturated rings. The molecular formula is C18H28N4O2S. The Labute approximate surface area is 153 Å². The van der Waals surface area contributed by atoms with Crippen LogP contribution in [0.4, 0.5) is 0 Å². The van der Waals surface area contributed by atoms with Crippen molar-refractivity contribution >= 4 is 23.2 Å². The van der Waals surface area contributed by atoms with Crippen molar-refractivity contribution in [2.75, 3.05) is 26.2 Å². The lowest BCUT2D eigenvalue weighted by Crippen LogP contribution is -2.48. The molecular weight excluding hydrogens is 336 g/mol. The number of thiazole rings is 1. The van der Waals surface area contributed by atoms with Gasteiger partial charge in [0, 0.05) is 31.1 Å². The summed E-state index contributed by atoms with van der Waals surface area (Å²) < 4.78 is 0. The third kappa shape index (κ3) is 4.39. The molecule has 6 nitrogen and oxygen atoms in total. The van der Waals surface area contributed by atoms with Gasteiger partial charge >= 0.3 is 0 Å². The Morgan fingerprint density at radius 1 is 1.28 bits per heavy atom. The fourth-order valence-corrected chi connectivity index (χ4v) is 4.73. The number of nitrogens with zero attached hydrogens (tertiary/aromatic N) is 2. The van der Waals surface area contributed by atoms with Crippen LogP contribution >= 0.6 is 11.3 Å². The zero-order valence-corrected chi connectivity index (χ0v) is 16.0. The molecule has 3 rings (SSSR count). The molecule has 0 radical (unpaired) electrons. The van der Waals surface area contributed by atoms with Crippen molar-refractivity contribution in [2.45, 2.75) is 46.1 Å². The van der Waals surface area contributed by atoms with E-state index in [1.165, 1.54) is 0 Å². The lowest BCUT2D eigenvalue weighted by atomic mass is 9.89. The maximum absolute atomic E-state index is 12.6. The molecule has 0 bridgehead atoms. The summed E-state index contributed by atoms with van der Waals surface area (Å²) in [6.45, 7) is 7.70. The van der Waals surface area contributed by atoms with Crippen molar-refractivity contribution in [3.05, 3.63) is 15.6 Å². The van der Waals surface area contributed by atoms with Crippen molar-refractivity contribution in [3.63, 3.8) is 0 Å². The minimum absolute atomic E-state index is 0.0412. The average Bonchev–Trinajstić information content (AvgIpc) is 3.28. The maximum atomic E-state index is 12.6. The average molecular weight is 365 g/mol. The topological polar surface area (TPSA) is 74.3 Å². The number of hydrogen-bond donors (Lipinski definition) is 2. The highest BCUT2D eigenvalue weighted by atomic mass is 32.1. The van der Waals surface area contributed by atoms with E-state index in [9.17, 15) is 9.59 Å². The first-order chi connectivity index (χ1) is 12.1. The summed E-state index contributed by atoms with van der Waals surface area (Å²) >= 11 is 1.65. The number of carbonyl (C=O) groups excluding carboxylic acids is 2. The number of rotatable bonds is 5. The molecule has 7 heteroatoms. The highest BCUT2D eigenvalue weighted by molar-refractivity contribution is 7.11. The number of hydrogen-bond acceptors (Lipinski definition) is 5. The van der Waals surface area contributed by atoms with E-state index in [4.69, 9.17) is 0 Å². The molecule has 2 atom stereocenters. The first-order valence-electron chi connectivity index (χ1n) is 9.30. The molecule has 2 N–H and O–H groups in total. The quantitative estimate of drug-likeness (QED) is 0.830. The SMILES string of the molecule is CCc1nc(C)sc1CNC(=O)[C@@H]1CNC[C@@H](C(=O)N2CCCC2)C1. The fraction of sp³-hybridized carbons (Fsp3) is 0.722. The highest BCUT2D eigenvalue weighted by Crippen LogP contribution is 2.22. The molecule has 0 spiro atoms. The number of likely N-dealkylation sites (tertiary alicyclic amines) is 1. The van der Waals surface area contributed by atoms with Crippen LogP contribution in [0, 0.1) is 18.8 Å². The Bertz CT molecular complexity index is 625. The Morgan fingerprint density at radius 2 is 2.00 bits per heavy atom. The molecule has 0 saturated carbocycles. The summed E-state index contributed by atoms with van der Waals surface area (Å²) in [6.07, 6.45) is 3.73. The van der Waals surface area contributed by atoms with Gasteiger partial charge in [-0.25, -0.2) is 4.98 Å². The summed E-state index contributed by atoms with van der Waals surface area (Å²) in [4.78, 5) is 32.8. The molecule has 138 valence electrons. The van der Waals surface area contributed by atoms with Crippen LogP contribution in [0.3, 0.4) is 0 Å². The van der Waals surface area contributed by atoms with Gasteiger partial charge in [-0.3, -0.25) is 9.59 Å². The van der Waals surface area contributed by atoms with Crippen LogP contribution in [0.2, 0.25) is 0 Å². The van der Waals surface area contributed by atoms with Crippen LogP contribution in [-0.2, 0) is 22.6 Å². The van der Waals surface area contributed by atoms with E-state index in [0.717, 1.165) is 47.9 Å². The van der Waals surface area contributed by atoms with Gasteiger partial charge in [0.05, 0.1) is 29.1 Å². The van der Waals surface area contributed by atoms with Crippen molar-refractivity contribution in [1.82, 2.24) is 20.5 Å². The van der Waals surface area contributed by atoms with Gasteiger partial charge in [-0.2, -0.15) is 0 Å². The summed E-state index contributed by atoms with van der Waals surface area (Å²) in [6, 6.07) is 0. The van der Waals surface area contributed by atoms with Crippen LogP contribution in [-0.4, -0.2) is 47.9 Å².